The molecule has 0 bridgehead atoms. The van der Waals surface area contributed by atoms with Gasteiger partial charge >= 0.3 is 0 Å². The largest absolute Gasteiger partial charge is 0.325 e. The zero-order chi connectivity index (χ0) is 8.97. The van der Waals surface area contributed by atoms with Crippen molar-refractivity contribution in [1.82, 2.24) is 9.97 Å². The summed E-state index contributed by atoms with van der Waals surface area (Å²) in [7, 11) is 0. The van der Waals surface area contributed by atoms with Crippen LogP contribution in [0.25, 0.3) is 6.08 Å². The first kappa shape index (κ1) is 8.87. The van der Waals surface area contributed by atoms with Crippen LogP contribution in [0.1, 0.15) is 18.3 Å². The summed E-state index contributed by atoms with van der Waals surface area (Å²) in [6.45, 7) is 3.84. The molecule has 0 aliphatic heterocycles. The molecule has 1 unspecified atom stereocenters. The molecule has 0 saturated carbocycles. The summed E-state index contributed by atoms with van der Waals surface area (Å²) >= 11 is 0. The van der Waals surface area contributed by atoms with Crippen LogP contribution in [0.3, 0.4) is 0 Å². The topological polar surface area (TPSA) is 51.8 Å². The monoisotopic (exact) mass is 163 g/mol. The normalized spacial score (nSPS) is 13.6. The van der Waals surface area contributed by atoms with Gasteiger partial charge in [-0.1, -0.05) is 6.08 Å². The van der Waals surface area contributed by atoms with Crippen molar-refractivity contribution in [3.63, 3.8) is 0 Å². The minimum Gasteiger partial charge on any atom is -0.325 e. The van der Waals surface area contributed by atoms with Gasteiger partial charge < -0.3 is 5.73 Å². The van der Waals surface area contributed by atoms with E-state index in [0.29, 0.717) is 0 Å². The Bertz CT molecular complexity index is 279. The highest BCUT2D eigenvalue weighted by molar-refractivity contribution is 5.46. The number of rotatable bonds is 2. The Balaban J connectivity index is 2.82. The molecule has 0 radical (unpaired) electrons. The van der Waals surface area contributed by atoms with Crippen molar-refractivity contribution in [1.29, 1.82) is 0 Å². The van der Waals surface area contributed by atoms with Crippen molar-refractivity contribution in [2.24, 2.45) is 5.73 Å². The molecule has 1 aromatic heterocycles. The van der Waals surface area contributed by atoms with Crippen LogP contribution in [0.15, 0.2) is 18.5 Å². The molecule has 0 aliphatic rings. The Kier molecular flexibility index (Phi) is 2.94. The van der Waals surface area contributed by atoms with Crippen LogP contribution < -0.4 is 5.73 Å². The van der Waals surface area contributed by atoms with Crippen LogP contribution in [-0.4, -0.2) is 16.0 Å². The number of aromatic nitrogens is 2. The fourth-order valence-electron chi connectivity index (χ4n) is 0.825. The maximum Gasteiger partial charge on any atom is 0.0839 e. The van der Waals surface area contributed by atoms with Crippen molar-refractivity contribution < 1.29 is 0 Å². The van der Waals surface area contributed by atoms with Gasteiger partial charge in [0.1, 0.15) is 0 Å². The zero-order valence-electron chi connectivity index (χ0n) is 7.36. The fraction of sp³-hybridized carbons (Fsp3) is 0.333. The molecule has 0 spiro atoms. The van der Waals surface area contributed by atoms with E-state index >= 15 is 0 Å². The summed E-state index contributed by atoms with van der Waals surface area (Å²) in [5.74, 6) is 0. The maximum absolute atomic E-state index is 5.56. The minimum atomic E-state index is 0.0615. The average molecular weight is 163 g/mol. The average Bonchev–Trinajstić information content (AvgIpc) is 2.03. The van der Waals surface area contributed by atoms with E-state index in [4.69, 9.17) is 5.73 Å². The molecule has 0 aromatic carbocycles. The lowest BCUT2D eigenvalue weighted by atomic mass is 10.2. The third-order valence-electron chi connectivity index (χ3n) is 1.48. The van der Waals surface area contributed by atoms with Gasteiger partial charge in [-0.05, 0) is 19.9 Å². The second-order valence-corrected chi connectivity index (χ2v) is 2.75. The molecule has 0 amide bonds. The maximum atomic E-state index is 5.56. The molecule has 0 aliphatic carbocycles. The fourth-order valence-corrected chi connectivity index (χ4v) is 0.825. The van der Waals surface area contributed by atoms with Gasteiger partial charge in [0.25, 0.3) is 0 Å². The smallest absolute Gasteiger partial charge is 0.0839 e. The van der Waals surface area contributed by atoms with E-state index in [1.54, 1.807) is 12.4 Å². The number of nitrogens with zero attached hydrogens (tertiary/aromatic N) is 2. The summed E-state index contributed by atoms with van der Waals surface area (Å²) in [6.07, 6.45) is 7.15. The van der Waals surface area contributed by atoms with Crippen LogP contribution in [0.5, 0.6) is 0 Å². The summed E-state index contributed by atoms with van der Waals surface area (Å²) in [6, 6.07) is 0.0615. The Morgan fingerprint density at radius 2 is 2.08 bits per heavy atom. The molecular weight excluding hydrogens is 150 g/mol. The van der Waals surface area contributed by atoms with Gasteiger partial charge in [0.05, 0.1) is 11.4 Å². The van der Waals surface area contributed by atoms with Crippen molar-refractivity contribution >= 4 is 6.08 Å². The first-order valence-electron chi connectivity index (χ1n) is 3.91. The summed E-state index contributed by atoms with van der Waals surface area (Å²) in [5.41, 5.74) is 7.36. The number of hydrogen-bond donors (Lipinski definition) is 1. The lowest BCUT2D eigenvalue weighted by Crippen LogP contribution is -2.10. The highest BCUT2D eigenvalue weighted by Gasteiger charge is 1.94. The molecule has 64 valence electrons. The third-order valence-corrected chi connectivity index (χ3v) is 1.48. The molecule has 12 heavy (non-hydrogen) atoms. The Morgan fingerprint density at radius 3 is 2.67 bits per heavy atom. The van der Waals surface area contributed by atoms with Gasteiger partial charge in [-0.15, -0.1) is 0 Å². The van der Waals surface area contributed by atoms with E-state index in [9.17, 15) is 0 Å². The first-order valence-corrected chi connectivity index (χ1v) is 3.91. The van der Waals surface area contributed by atoms with Crippen LogP contribution in [0, 0.1) is 6.92 Å². The second-order valence-electron chi connectivity index (χ2n) is 2.75. The van der Waals surface area contributed by atoms with Crippen molar-refractivity contribution in [2.75, 3.05) is 0 Å². The zero-order valence-corrected chi connectivity index (χ0v) is 7.36. The van der Waals surface area contributed by atoms with Gasteiger partial charge in [-0.2, -0.15) is 0 Å². The molecule has 0 fully saturated rings. The van der Waals surface area contributed by atoms with Crippen molar-refractivity contribution in [3.05, 3.63) is 29.9 Å². The standard InChI is InChI=1S/C9H13N3/c1-7(10)3-4-9-8(2)11-5-6-12-9/h3-7H,10H2,1-2H3/b4-3+. The van der Waals surface area contributed by atoms with E-state index < -0.39 is 0 Å². The Labute approximate surface area is 72.3 Å². The van der Waals surface area contributed by atoms with Crippen molar-refractivity contribution in [2.45, 2.75) is 19.9 Å². The molecule has 0 saturated heterocycles. The van der Waals surface area contributed by atoms with Gasteiger partial charge in [0, 0.05) is 18.4 Å². The highest BCUT2D eigenvalue weighted by atomic mass is 14.8. The minimum absolute atomic E-state index is 0.0615. The molecule has 2 N–H and O–H groups in total. The first-order chi connectivity index (χ1) is 5.70. The molecule has 1 atom stereocenters. The molecule has 3 heteroatoms. The van der Waals surface area contributed by atoms with Gasteiger partial charge in [0.2, 0.25) is 0 Å². The quantitative estimate of drug-likeness (QED) is 0.711. The van der Waals surface area contributed by atoms with E-state index in [2.05, 4.69) is 9.97 Å². The van der Waals surface area contributed by atoms with Crippen molar-refractivity contribution in [3.8, 4) is 0 Å². The van der Waals surface area contributed by atoms with E-state index in [-0.39, 0.29) is 6.04 Å². The summed E-state index contributed by atoms with van der Waals surface area (Å²) in [4.78, 5) is 8.25. The lowest BCUT2D eigenvalue weighted by Gasteiger charge is -1.97. The Hall–Kier alpha value is -1.22. The number of hydrogen-bond acceptors (Lipinski definition) is 3. The van der Waals surface area contributed by atoms with Crippen LogP contribution in [0.2, 0.25) is 0 Å². The molecule has 1 rings (SSSR count). The predicted octanol–water partition coefficient (Wildman–Crippen LogP) is 1.15. The third kappa shape index (κ3) is 2.43. The van der Waals surface area contributed by atoms with Gasteiger partial charge in [-0.3, -0.25) is 9.97 Å². The van der Waals surface area contributed by atoms with Crippen LogP contribution in [0.4, 0.5) is 0 Å². The van der Waals surface area contributed by atoms with E-state index in [0.717, 1.165) is 11.4 Å². The number of nitrogens with two attached hydrogens (primary N) is 1. The molecule has 3 nitrogen and oxygen atoms in total. The van der Waals surface area contributed by atoms with Gasteiger partial charge in [0.15, 0.2) is 0 Å². The second kappa shape index (κ2) is 3.97. The lowest BCUT2D eigenvalue weighted by molar-refractivity contribution is 0.929. The molecule has 1 aromatic rings. The van der Waals surface area contributed by atoms with Gasteiger partial charge in [-0.25, -0.2) is 0 Å². The SMILES string of the molecule is Cc1nccnc1/C=C/C(C)N. The predicted molar refractivity (Wildman–Crippen MR) is 49.5 cm³/mol. The summed E-state index contributed by atoms with van der Waals surface area (Å²) in [5, 5.41) is 0. The van der Waals surface area contributed by atoms with Crippen LogP contribution in [-0.2, 0) is 0 Å². The summed E-state index contributed by atoms with van der Waals surface area (Å²) < 4.78 is 0. The van der Waals surface area contributed by atoms with E-state index in [1.807, 2.05) is 26.0 Å². The van der Waals surface area contributed by atoms with E-state index in [1.165, 1.54) is 0 Å². The molecule has 1 heterocycles. The van der Waals surface area contributed by atoms with Crippen LogP contribution >= 0.6 is 0 Å². The number of aryl methyl sites for hydroxylation is 1. The highest BCUT2D eigenvalue weighted by Crippen LogP contribution is 2.01. The molecular formula is C9H13N3. The Morgan fingerprint density at radius 1 is 1.42 bits per heavy atom.